The molecule has 34 heavy (non-hydrogen) atoms. The van der Waals surface area contributed by atoms with Gasteiger partial charge in [0.15, 0.2) is 0 Å². The minimum Gasteiger partial charge on any atom is -0.333 e. The molecule has 4 amide bonds. The monoisotopic (exact) mass is 464 g/mol. The van der Waals surface area contributed by atoms with E-state index in [1.54, 1.807) is 0 Å². The van der Waals surface area contributed by atoms with Gasteiger partial charge < -0.3 is 20.4 Å². The molecule has 4 aliphatic carbocycles. The number of benzene rings is 1. The molecule has 4 saturated carbocycles. The van der Waals surface area contributed by atoms with Gasteiger partial charge in [-0.05, 0) is 106 Å². The fraction of sp³-hybridized carbons (Fsp3) is 0.714. The molecular weight excluding hydrogens is 424 g/mol. The van der Waals surface area contributed by atoms with Crippen LogP contribution in [0.4, 0.5) is 15.3 Å². The van der Waals surface area contributed by atoms with Crippen LogP contribution in [0.2, 0.25) is 0 Å². The zero-order chi connectivity index (χ0) is 23.5. The SMILES string of the molecule is Cc1ccc(NC(=O)N2CCC3(CC2)CCN(C(=O)NC24CC5CC(CC(C5)C2)C4)C3)c(C)c1. The molecule has 4 bridgehead atoms. The average Bonchev–Trinajstić information content (AvgIpc) is 3.18. The Morgan fingerprint density at radius 2 is 1.44 bits per heavy atom. The molecule has 6 nitrogen and oxygen atoms in total. The van der Waals surface area contributed by atoms with Gasteiger partial charge in [-0.2, -0.15) is 0 Å². The average molecular weight is 465 g/mol. The van der Waals surface area contributed by atoms with Gasteiger partial charge in [0.25, 0.3) is 0 Å². The third-order valence-corrected chi connectivity index (χ3v) is 9.87. The van der Waals surface area contributed by atoms with Crippen LogP contribution in [0.25, 0.3) is 0 Å². The standard InChI is InChI=1S/C28H40N4O2/c1-19-3-4-24(20(2)11-19)29-25(33)31-8-5-27(6-9-31)7-10-32(18-27)26(34)30-28-15-21-12-22(16-28)14-23(13-21)17-28/h3-4,11,21-23H,5-10,12-18H2,1-2H3,(H,29,33)(H,30,34). The number of hydrogen-bond donors (Lipinski definition) is 2. The van der Waals surface area contributed by atoms with Crippen molar-refractivity contribution >= 4 is 17.7 Å². The molecule has 6 aliphatic rings. The number of nitrogens with zero attached hydrogens (tertiary/aromatic N) is 2. The molecule has 2 N–H and O–H groups in total. The molecule has 7 rings (SSSR count). The highest BCUT2D eigenvalue weighted by molar-refractivity contribution is 5.90. The number of aryl methyl sites for hydroxylation is 2. The van der Waals surface area contributed by atoms with E-state index in [-0.39, 0.29) is 23.0 Å². The van der Waals surface area contributed by atoms with Crippen LogP contribution in [0, 0.1) is 37.0 Å². The number of carbonyl (C=O) groups is 2. The molecule has 2 heterocycles. The molecule has 6 heteroatoms. The van der Waals surface area contributed by atoms with Crippen LogP contribution in [-0.4, -0.2) is 53.6 Å². The summed E-state index contributed by atoms with van der Waals surface area (Å²) in [5.41, 5.74) is 3.45. The molecular formula is C28H40N4O2. The molecule has 1 spiro atoms. The zero-order valence-corrected chi connectivity index (χ0v) is 20.9. The number of amides is 4. The first-order valence-electron chi connectivity index (χ1n) is 13.5. The number of anilines is 1. The van der Waals surface area contributed by atoms with Crippen molar-refractivity contribution in [3.8, 4) is 0 Å². The predicted molar refractivity (Wildman–Crippen MR) is 134 cm³/mol. The topological polar surface area (TPSA) is 64.7 Å². The minimum atomic E-state index is -0.00350. The van der Waals surface area contributed by atoms with E-state index in [0.717, 1.165) is 74.4 Å². The van der Waals surface area contributed by atoms with E-state index in [2.05, 4.69) is 28.5 Å². The Bertz CT molecular complexity index is 945. The van der Waals surface area contributed by atoms with Gasteiger partial charge in [-0.25, -0.2) is 9.59 Å². The molecule has 0 unspecified atom stereocenters. The quantitative estimate of drug-likeness (QED) is 0.624. The van der Waals surface area contributed by atoms with Gasteiger partial charge in [0, 0.05) is 37.4 Å². The van der Waals surface area contributed by atoms with Crippen LogP contribution in [0.3, 0.4) is 0 Å². The summed E-state index contributed by atoms with van der Waals surface area (Å²) < 4.78 is 0. The van der Waals surface area contributed by atoms with E-state index >= 15 is 0 Å². The first-order chi connectivity index (χ1) is 16.3. The van der Waals surface area contributed by atoms with Gasteiger partial charge in [0.2, 0.25) is 0 Å². The predicted octanol–water partition coefficient (Wildman–Crippen LogP) is 5.30. The van der Waals surface area contributed by atoms with E-state index in [1.165, 1.54) is 44.1 Å². The summed E-state index contributed by atoms with van der Waals surface area (Å²) in [7, 11) is 0. The molecule has 6 fully saturated rings. The van der Waals surface area contributed by atoms with Crippen LogP contribution in [0.1, 0.15) is 68.9 Å². The third kappa shape index (κ3) is 4.07. The van der Waals surface area contributed by atoms with Crippen molar-refractivity contribution in [1.29, 1.82) is 0 Å². The smallest absolute Gasteiger partial charge is 0.321 e. The second-order valence-corrected chi connectivity index (χ2v) is 12.5. The largest absolute Gasteiger partial charge is 0.333 e. The molecule has 184 valence electrons. The number of piperidine rings is 1. The normalized spacial score (nSPS) is 33.4. The fourth-order valence-corrected chi connectivity index (χ4v) is 8.42. The van der Waals surface area contributed by atoms with Gasteiger partial charge in [-0.15, -0.1) is 0 Å². The second-order valence-electron chi connectivity index (χ2n) is 12.5. The summed E-state index contributed by atoms with van der Waals surface area (Å²) in [6, 6.07) is 6.30. The van der Waals surface area contributed by atoms with Crippen molar-refractivity contribution in [3.63, 3.8) is 0 Å². The molecule has 2 aliphatic heterocycles. The van der Waals surface area contributed by atoms with Gasteiger partial charge in [0.05, 0.1) is 0 Å². The van der Waals surface area contributed by atoms with E-state index < -0.39 is 0 Å². The van der Waals surface area contributed by atoms with Crippen molar-refractivity contribution in [2.24, 2.45) is 23.2 Å². The van der Waals surface area contributed by atoms with Crippen LogP contribution < -0.4 is 10.6 Å². The summed E-state index contributed by atoms with van der Waals surface area (Å²) in [6.45, 7) is 7.33. The van der Waals surface area contributed by atoms with E-state index in [9.17, 15) is 9.59 Å². The van der Waals surface area contributed by atoms with Crippen LogP contribution in [0.15, 0.2) is 18.2 Å². The first kappa shape index (κ1) is 22.2. The highest BCUT2D eigenvalue weighted by atomic mass is 16.2. The van der Waals surface area contributed by atoms with Gasteiger partial charge in [0.1, 0.15) is 0 Å². The third-order valence-electron chi connectivity index (χ3n) is 9.87. The van der Waals surface area contributed by atoms with Gasteiger partial charge >= 0.3 is 12.1 Å². The number of carbonyl (C=O) groups excluding carboxylic acids is 2. The van der Waals surface area contributed by atoms with Crippen molar-refractivity contribution < 1.29 is 9.59 Å². The summed E-state index contributed by atoms with van der Waals surface area (Å²) >= 11 is 0. The molecule has 0 aromatic heterocycles. The Balaban J connectivity index is 1.02. The Morgan fingerprint density at radius 1 is 0.853 bits per heavy atom. The lowest BCUT2D eigenvalue weighted by Crippen LogP contribution is -2.61. The fourth-order valence-electron chi connectivity index (χ4n) is 8.42. The minimum absolute atomic E-state index is 0.00350. The summed E-state index contributed by atoms with van der Waals surface area (Å²) in [6.07, 6.45) is 10.8. The van der Waals surface area contributed by atoms with Crippen molar-refractivity contribution in [2.45, 2.75) is 77.2 Å². The Morgan fingerprint density at radius 3 is 2.03 bits per heavy atom. The van der Waals surface area contributed by atoms with Gasteiger partial charge in [-0.3, -0.25) is 0 Å². The molecule has 2 saturated heterocycles. The Kier molecular flexibility index (Phi) is 5.34. The lowest BCUT2D eigenvalue weighted by atomic mass is 9.53. The summed E-state index contributed by atoms with van der Waals surface area (Å²) in [5.74, 6) is 2.53. The number of likely N-dealkylation sites (tertiary alicyclic amines) is 2. The van der Waals surface area contributed by atoms with Crippen LogP contribution >= 0.6 is 0 Å². The molecule has 1 aromatic rings. The maximum absolute atomic E-state index is 13.3. The second kappa shape index (κ2) is 8.17. The Labute approximate surface area is 203 Å². The van der Waals surface area contributed by atoms with Crippen molar-refractivity contribution in [1.82, 2.24) is 15.1 Å². The Hall–Kier alpha value is -2.24. The summed E-state index contributed by atoms with van der Waals surface area (Å²) in [4.78, 5) is 30.2. The van der Waals surface area contributed by atoms with Crippen molar-refractivity contribution in [3.05, 3.63) is 29.3 Å². The maximum atomic E-state index is 13.3. The van der Waals surface area contributed by atoms with Gasteiger partial charge in [-0.1, -0.05) is 17.7 Å². The maximum Gasteiger partial charge on any atom is 0.321 e. The highest BCUT2D eigenvalue weighted by Gasteiger charge is 2.52. The van der Waals surface area contributed by atoms with E-state index in [1.807, 2.05) is 24.0 Å². The summed E-state index contributed by atoms with van der Waals surface area (Å²) in [5, 5.41) is 6.66. The zero-order valence-electron chi connectivity index (χ0n) is 20.9. The molecule has 1 aromatic carbocycles. The number of nitrogens with one attached hydrogen (secondary N) is 2. The van der Waals surface area contributed by atoms with E-state index in [0.29, 0.717) is 0 Å². The highest BCUT2D eigenvalue weighted by Crippen LogP contribution is 2.55. The lowest BCUT2D eigenvalue weighted by Gasteiger charge is -2.57. The van der Waals surface area contributed by atoms with E-state index in [4.69, 9.17) is 0 Å². The van der Waals surface area contributed by atoms with Crippen LogP contribution in [0.5, 0.6) is 0 Å². The first-order valence-corrected chi connectivity index (χ1v) is 13.5. The number of urea groups is 2. The van der Waals surface area contributed by atoms with Crippen molar-refractivity contribution in [2.75, 3.05) is 31.5 Å². The lowest BCUT2D eigenvalue weighted by molar-refractivity contribution is -0.0155. The number of rotatable bonds is 2. The molecule has 0 atom stereocenters. The van der Waals surface area contributed by atoms with Crippen LogP contribution in [-0.2, 0) is 0 Å². The number of hydrogen-bond acceptors (Lipinski definition) is 2. The molecule has 0 radical (unpaired) electrons.